The van der Waals surface area contributed by atoms with Crippen LogP contribution in [-0.2, 0) is 14.3 Å². The van der Waals surface area contributed by atoms with E-state index in [1.54, 1.807) is 0 Å². The molecule has 1 aliphatic heterocycles. The average molecular weight is 1110 g/mol. The van der Waals surface area contributed by atoms with Gasteiger partial charge in [-0.15, -0.1) is 0 Å². The van der Waals surface area contributed by atoms with Gasteiger partial charge in [0, 0.05) is 0 Å². The fraction of sp³-hybridized carbons (Fsp3) is 0.925. The van der Waals surface area contributed by atoms with E-state index in [0.717, 1.165) is 38.5 Å². The van der Waals surface area contributed by atoms with Crippen molar-refractivity contribution in [2.45, 2.75) is 384 Å². The molecule has 8 N–H and O–H groups in total. The van der Waals surface area contributed by atoms with E-state index in [-0.39, 0.29) is 12.8 Å². The number of hydrogen-bond donors (Lipinski definition) is 8. The van der Waals surface area contributed by atoms with Gasteiger partial charge in [0.1, 0.15) is 36.6 Å². The lowest BCUT2D eigenvalue weighted by Crippen LogP contribution is -2.60. The highest BCUT2D eigenvalue weighted by Gasteiger charge is 2.44. The molecule has 0 bridgehead atoms. The Hall–Kier alpha value is -1.41. The van der Waals surface area contributed by atoms with E-state index < -0.39 is 74.2 Å². The molecule has 0 aromatic rings. The van der Waals surface area contributed by atoms with Crippen LogP contribution in [0.1, 0.15) is 328 Å². The van der Waals surface area contributed by atoms with Crippen LogP contribution < -0.4 is 5.32 Å². The zero-order valence-electron chi connectivity index (χ0n) is 50.9. The molecule has 11 heteroatoms. The van der Waals surface area contributed by atoms with E-state index in [1.807, 2.05) is 0 Å². The number of carbonyl (C=O) groups excluding carboxylic acids is 1. The van der Waals surface area contributed by atoms with Crippen molar-refractivity contribution in [3.05, 3.63) is 24.3 Å². The highest BCUT2D eigenvalue weighted by atomic mass is 16.7. The molecular weight excluding hydrogens is 979 g/mol. The van der Waals surface area contributed by atoms with Crippen LogP contribution in [0.25, 0.3) is 0 Å². The molecule has 462 valence electrons. The van der Waals surface area contributed by atoms with Crippen LogP contribution >= 0.6 is 0 Å². The van der Waals surface area contributed by atoms with E-state index in [4.69, 9.17) is 9.47 Å². The van der Waals surface area contributed by atoms with Crippen LogP contribution in [-0.4, -0.2) is 110 Å². The summed E-state index contributed by atoms with van der Waals surface area (Å²) in [6, 6.07) is -1.19. The summed E-state index contributed by atoms with van der Waals surface area (Å²) < 4.78 is 11.2. The molecule has 1 heterocycles. The summed E-state index contributed by atoms with van der Waals surface area (Å²) in [6.07, 6.45) is 58.3. The number of unbranched alkanes of at least 4 members (excludes halogenated alkanes) is 43. The molecule has 1 fully saturated rings. The van der Waals surface area contributed by atoms with Crippen molar-refractivity contribution < 1.29 is 50.0 Å². The number of nitrogens with one attached hydrogen (secondary N) is 1. The molecule has 0 aromatic heterocycles. The normalized spacial score (nSPS) is 19.5. The Bertz CT molecular complexity index is 1320. The Morgan fingerprint density at radius 1 is 0.436 bits per heavy atom. The third-order valence-electron chi connectivity index (χ3n) is 16.5. The number of amides is 1. The van der Waals surface area contributed by atoms with Gasteiger partial charge in [-0.2, -0.15) is 0 Å². The molecule has 0 spiro atoms. The molecule has 0 saturated carbocycles. The SMILES string of the molecule is CCCCCCCCCCCCCCCCCCCCCCCC/C=C/CC/C=C/CCCC(O)C(O)C(COC1OC(CO)C(O)C(O)C1O)NC(=O)C(O)CCCCCCCCCCCCCCCCCCCCCC. The van der Waals surface area contributed by atoms with Gasteiger partial charge in [-0.1, -0.05) is 301 Å². The second kappa shape index (κ2) is 56.1. The zero-order chi connectivity index (χ0) is 56.8. The second-order valence-corrected chi connectivity index (χ2v) is 23.9. The van der Waals surface area contributed by atoms with E-state index in [2.05, 4.69) is 43.5 Å². The van der Waals surface area contributed by atoms with Crippen molar-refractivity contribution in [3.8, 4) is 0 Å². The fourth-order valence-corrected chi connectivity index (χ4v) is 11.1. The predicted molar refractivity (Wildman–Crippen MR) is 326 cm³/mol. The third kappa shape index (κ3) is 43.3. The lowest BCUT2D eigenvalue weighted by atomic mass is 9.98. The third-order valence-corrected chi connectivity index (χ3v) is 16.5. The van der Waals surface area contributed by atoms with Crippen LogP contribution in [0, 0.1) is 0 Å². The highest BCUT2D eigenvalue weighted by Crippen LogP contribution is 2.24. The topological polar surface area (TPSA) is 189 Å². The summed E-state index contributed by atoms with van der Waals surface area (Å²) >= 11 is 0. The number of aliphatic hydroxyl groups is 7. The summed E-state index contributed by atoms with van der Waals surface area (Å²) in [5.74, 6) is -0.704. The number of aliphatic hydroxyl groups excluding tert-OH is 7. The van der Waals surface area contributed by atoms with E-state index >= 15 is 0 Å². The van der Waals surface area contributed by atoms with Crippen LogP contribution in [0.15, 0.2) is 24.3 Å². The number of allylic oxidation sites excluding steroid dienone is 4. The summed E-state index contributed by atoms with van der Waals surface area (Å²) in [5, 5.41) is 76.3. The van der Waals surface area contributed by atoms with Gasteiger partial charge in [-0.05, 0) is 51.4 Å². The minimum Gasteiger partial charge on any atom is -0.394 e. The Morgan fingerprint density at radius 2 is 0.769 bits per heavy atom. The number of rotatable bonds is 59. The van der Waals surface area contributed by atoms with Gasteiger partial charge in [-0.25, -0.2) is 0 Å². The van der Waals surface area contributed by atoms with Gasteiger partial charge in [0.25, 0.3) is 0 Å². The van der Waals surface area contributed by atoms with Crippen molar-refractivity contribution in [2.24, 2.45) is 0 Å². The highest BCUT2D eigenvalue weighted by molar-refractivity contribution is 5.80. The summed E-state index contributed by atoms with van der Waals surface area (Å²) in [7, 11) is 0. The number of hydrogen-bond acceptors (Lipinski definition) is 10. The first-order valence-corrected chi connectivity index (χ1v) is 33.7. The average Bonchev–Trinajstić information content (AvgIpc) is 3.46. The molecule has 0 aromatic carbocycles. The Balaban J connectivity index is 2.24. The first kappa shape index (κ1) is 74.6. The first-order chi connectivity index (χ1) is 38.2. The monoisotopic (exact) mass is 1110 g/mol. The minimum absolute atomic E-state index is 0.249. The van der Waals surface area contributed by atoms with Crippen molar-refractivity contribution >= 4 is 5.91 Å². The summed E-state index contributed by atoms with van der Waals surface area (Å²) in [6.45, 7) is 3.49. The van der Waals surface area contributed by atoms with Crippen LogP contribution in [0.2, 0.25) is 0 Å². The van der Waals surface area contributed by atoms with Crippen molar-refractivity contribution in [1.82, 2.24) is 5.32 Å². The minimum atomic E-state index is -1.67. The standard InChI is InChI=1S/C67H129NO10/c1-3-5-7-9-11-13-15-17-19-21-23-25-26-27-28-29-30-31-32-33-34-35-37-38-40-42-44-46-48-50-52-54-59(70)62(72)58(57-77-67-65(75)64(74)63(73)61(56-69)78-67)68-66(76)60(71)55-53-51-49-47-45-43-41-39-36-24-22-20-18-16-14-12-10-8-6-4-2/h38,40,46,48,58-65,67,69-75H,3-37,39,41-45,47,49-57H2,1-2H3,(H,68,76)/b40-38+,48-46+. The lowest BCUT2D eigenvalue weighted by Gasteiger charge is -2.40. The maximum atomic E-state index is 13.2. The van der Waals surface area contributed by atoms with Crippen molar-refractivity contribution in [1.29, 1.82) is 0 Å². The van der Waals surface area contributed by atoms with Gasteiger partial charge in [0.15, 0.2) is 6.29 Å². The Labute approximate surface area is 480 Å². The molecular formula is C67H129NO10. The molecule has 0 aliphatic carbocycles. The molecule has 1 amide bonds. The number of carbonyl (C=O) groups is 1. The van der Waals surface area contributed by atoms with E-state index in [0.29, 0.717) is 19.3 Å². The second-order valence-electron chi connectivity index (χ2n) is 23.9. The molecule has 1 saturated heterocycles. The Kier molecular flexibility index (Phi) is 53.6. The van der Waals surface area contributed by atoms with Gasteiger partial charge in [-0.3, -0.25) is 4.79 Å². The largest absolute Gasteiger partial charge is 0.394 e. The predicted octanol–water partition coefficient (Wildman–Crippen LogP) is 15.6. The number of ether oxygens (including phenoxy) is 2. The maximum absolute atomic E-state index is 13.2. The smallest absolute Gasteiger partial charge is 0.249 e. The van der Waals surface area contributed by atoms with Gasteiger partial charge in [0.05, 0.1) is 25.4 Å². The molecule has 11 nitrogen and oxygen atoms in total. The molecule has 0 radical (unpaired) electrons. The zero-order valence-corrected chi connectivity index (χ0v) is 50.9. The van der Waals surface area contributed by atoms with Gasteiger partial charge >= 0.3 is 0 Å². The van der Waals surface area contributed by atoms with Crippen molar-refractivity contribution in [2.75, 3.05) is 13.2 Å². The van der Waals surface area contributed by atoms with Crippen molar-refractivity contribution in [3.63, 3.8) is 0 Å². The van der Waals surface area contributed by atoms with Gasteiger partial charge in [0.2, 0.25) is 5.91 Å². The van der Waals surface area contributed by atoms with Crippen LogP contribution in [0.4, 0.5) is 0 Å². The molecule has 1 rings (SSSR count). The first-order valence-electron chi connectivity index (χ1n) is 33.7. The summed E-state index contributed by atoms with van der Waals surface area (Å²) in [5.41, 5.74) is 0. The van der Waals surface area contributed by atoms with E-state index in [9.17, 15) is 40.5 Å². The molecule has 9 atom stereocenters. The van der Waals surface area contributed by atoms with Gasteiger partial charge < -0.3 is 50.5 Å². The summed E-state index contributed by atoms with van der Waals surface area (Å²) in [4.78, 5) is 13.2. The lowest BCUT2D eigenvalue weighted by molar-refractivity contribution is -0.303. The quantitative estimate of drug-likeness (QED) is 0.0215. The molecule has 1 aliphatic rings. The maximum Gasteiger partial charge on any atom is 0.249 e. The van der Waals surface area contributed by atoms with Crippen LogP contribution in [0.5, 0.6) is 0 Å². The Morgan fingerprint density at radius 3 is 1.14 bits per heavy atom. The fourth-order valence-electron chi connectivity index (χ4n) is 11.1. The van der Waals surface area contributed by atoms with E-state index in [1.165, 1.54) is 244 Å². The van der Waals surface area contributed by atoms with Crippen LogP contribution in [0.3, 0.4) is 0 Å². The molecule has 78 heavy (non-hydrogen) atoms. The molecule has 9 unspecified atom stereocenters.